The van der Waals surface area contributed by atoms with Gasteiger partial charge in [-0.3, -0.25) is 0 Å². The predicted octanol–water partition coefficient (Wildman–Crippen LogP) is 2.01. The van der Waals surface area contributed by atoms with E-state index in [1.165, 1.54) is 6.42 Å². The van der Waals surface area contributed by atoms with E-state index < -0.39 is 0 Å². The van der Waals surface area contributed by atoms with Crippen LogP contribution in [0.4, 0.5) is 0 Å². The molecule has 52 valence electrons. The minimum absolute atomic E-state index is 0.0272. The normalized spacial score (nSPS) is 43.1. The van der Waals surface area contributed by atoms with Crippen LogP contribution < -0.4 is 0 Å². The maximum absolute atomic E-state index is 10.5. The average Bonchev–Trinajstić information content (AvgIpc) is 2.13. The largest absolute Gasteiger partial charge is 0.303 e. The van der Waals surface area contributed by atoms with Crippen LogP contribution in [0.3, 0.4) is 0 Å². The van der Waals surface area contributed by atoms with E-state index in [0.717, 1.165) is 25.0 Å². The van der Waals surface area contributed by atoms with Gasteiger partial charge in [-0.25, -0.2) is 0 Å². The molecule has 1 aliphatic carbocycles. The first-order valence-electron chi connectivity index (χ1n) is 3.63. The van der Waals surface area contributed by atoms with Crippen molar-refractivity contribution >= 4 is 6.29 Å². The smallest absolute Gasteiger partial charge is 0.125 e. The van der Waals surface area contributed by atoms with Gasteiger partial charge in [-0.15, -0.1) is 0 Å². The summed E-state index contributed by atoms with van der Waals surface area (Å²) < 4.78 is 0. The van der Waals surface area contributed by atoms with Crippen LogP contribution in [0, 0.1) is 11.3 Å². The number of rotatable bonds is 1. The van der Waals surface area contributed by atoms with Crippen molar-refractivity contribution in [2.75, 3.05) is 0 Å². The van der Waals surface area contributed by atoms with E-state index >= 15 is 0 Å². The van der Waals surface area contributed by atoms with Crippen molar-refractivity contribution in [3.05, 3.63) is 0 Å². The molecule has 0 heterocycles. The fraction of sp³-hybridized carbons (Fsp3) is 0.875. The standard InChI is InChI=1S/C8H14O/c1-7-3-4-8(2,5-7)6-9/h6-7H,3-5H2,1-2H3/t7-,8-/m1/s1. The first kappa shape index (κ1) is 6.79. The third kappa shape index (κ3) is 1.32. The molecule has 1 saturated carbocycles. The molecule has 0 N–H and O–H groups in total. The number of hydrogen-bond donors (Lipinski definition) is 0. The third-order valence-electron chi connectivity index (χ3n) is 2.31. The van der Waals surface area contributed by atoms with Gasteiger partial charge < -0.3 is 4.79 Å². The molecule has 9 heavy (non-hydrogen) atoms. The van der Waals surface area contributed by atoms with Gasteiger partial charge in [-0.05, 0) is 25.2 Å². The molecule has 1 fully saturated rings. The molecule has 0 saturated heterocycles. The van der Waals surface area contributed by atoms with Crippen molar-refractivity contribution in [1.29, 1.82) is 0 Å². The molecule has 1 nitrogen and oxygen atoms in total. The molecule has 1 aliphatic rings. The summed E-state index contributed by atoms with van der Waals surface area (Å²) in [5, 5.41) is 0. The molecule has 0 spiro atoms. The summed E-state index contributed by atoms with van der Waals surface area (Å²) in [6, 6.07) is 0. The van der Waals surface area contributed by atoms with E-state index in [4.69, 9.17) is 0 Å². The quantitative estimate of drug-likeness (QED) is 0.491. The first-order valence-corrected chi connectivity index (χ1v) is 3.63. The summed E-state index contributed by atoms with van der Waals surface area (Å²) in [6.07, 6.45) is 4.54. The van der Waals surface area contributed by atoms with Crippen molar-refractivity contribution in [3.8, 4) is 0 Å². The van der Waals surface area contributed by atoms with Gasteiger partial charge in [0, 0.05) is 5.41 Å². The molecule has 0 aromatic carbocycles. The number of hydrogen-bond acceptors (Lipinski definition) is 1. The van der Waals surface area contributed by atoms with Crippen LogP contribution in [0.5, 0.6) is 0 Å². The van der Waals surface area contributed by atoms with Crippen LogP contribution in [0.15, 0.2) is 0 Å². The van der Waals surface area contributed by atoms with E-state index in [1.54, 1.807) is 0 Å². The van der Waals surface area contributed by atoms with Crippen molar-refractivity contribution in [2.45, 2.75) is 33.1 Å². The SMILES string of the molecule is C[C@@H]1CC[C@@](C)(C=O)C1. The van der Waals surface area contributed by atoms with Gasteiger partial charge in [0.1, 0.15) is 6.29 Å². The van der Waals surface area contributed by atoms with E-state index in [9.17, 15) is 4.79 Å². The maximum Gasteiger partial charge on any atom is 0.125 e. The molecule has 0 aliphatic heterocycles. The molecule has 0 unspecified atom stereocenters. The minimum Gasteiger partial charge on any atom is -0.303 e. The Hall–Kier alpha value is -0.330. The Balaban J connectivity index is 2.54. The summed E-state index contributed by atoms with van der Waals surface area (Å²) in [6.45, 7) is 4.28. The summed E-state index contributed by atoms with van der Waals surface area (Å²) in [5.74, 6) is 0.764. The van der Waals surface area contributed by atoms with Gasteiger partial charge >= 0.3 is 0 Å². The topological polar surface area (TPSA) is 17.1 Å². The molecule has 0 bridgehead atoms. The van der Waals surface area contributed by atoms with Crippen LogP contribution in [0.2, 0.25) is 0 Å². The van der Waals surface area contributed by atoms with E-state index in [2.05, 4.69) is 13.8 Å². The molecule has 1 rings (SSSR count). The Morgan fingerprint density at radius 1 is 1.67 bits per heavy atom. The van der Waals surface area contributed by atoms with Crippen LogP contribution in [-0.4, -0.2) is 6.29 Å². The lowest BCUT2D eigenvalue weighted by Crippen LogP contribution is -2.12. The molecule has 1 heteroatoms. The minimum atomic E-state index is 0.0272. The van der Waals surface area contributed by atoms with Crippen LogP contribution in [0.1, 0.15) is 33.1 Å². The Labute approximate surface area is 56.4 Å². The summed E-state index contributed by atoms with van der Waals surface area (Å²) >= 11 is 0. The summed E-state index contributed by atoms with van der Waals surface area (Å²) in [4.78, 5) is 10.5. The Kier molecular flexibility index (Phi) is 1.60. The lowest BCUT2D eigenvalue weighted by atomic mass is 9.90. The highest BCUT2D eigenvalue weighted by Gasteiger charge is 2.32. The van der Waals surface area contributed by atoms with Gasteiger partial charge in [-0.2, -0.15) is 0 Å². The molecule has 0 amide bonds. The molecule has 2 atom stereocenters. The molecule has 0 radical (unpaired) electrons. The number of carbonyl (C=O) groups is 1. The molecule has 0 aromatic rings. The summed E-state index contributed by atoms with van der Waals surface area (Å²) in [5.41, 5.74) is 0.0272. The molecule has 0 aromatic heterocycles. The van der Waals surface area contributed by atoms with Gasteiger partial charge in [0.25, 0.3) is 0 Å². The Morgan fingerprint density at radius 3 is 2.56 bits per heavy atom. The predicted molar refractivity (Wildman–Crippen MR) is 37.2 cm³/mol. The zero-order valence-electron chi connectivity index (χ0n) is 6.18. The zero-order chi connectivity index (χ0) is 6.91. The highest BCUT2D eigenvalue weighted by Crippen LogP contribution is 2.39. The van der Waals surface area contributed by atoms with Gasteiger partial charge in [-0.1, -0.05) is 13.8 Å². The Morgan fingerprint density at radius 2 is 2.33 bits per heavy atom. The highest BCUT2D eigenvalue weighted by molar-refractivity contribution is 5.59. The third-order valence-corrected chi connectivity index (χ3v) is 2.31. The zero-order valence-corrected chi connectivity index (χ0v) is 6.18. The van der Waals surface area contributed by atoms with Crippen LogP contribution >= 0.6 is 0 Å². The average molecular weight is 126 g/mol. The van der Waals surface area contributed by atoms with Crippen LogP contribution in [-0.2, 0) is 4.79 Å². The second-order valence-electron chi connectivity index (χ2n) is 3.62. The lowest BCUT2D eigenvalue weighted by Gasteiger charge is -2.13. The first-order chi connectivity index (χ1) is 4.16. The van der Waals surface area contributed by atoms with Crippen molar-refractivity contribution in [1.82, 2.24) is 0 Å². The molecular formula is C8H14O. The highest BCUT2D eigenvalue weighted by atomic mass is 16.1. The second-order valence-corrected chi connectivity index (χ2v) is 3.62. The van der Waals surface area contributed by atoms with E-state index in [-0.39, 0.29) is 5.41 Å². The second kappa shape index (κ2) is 2.13. The van der Waals surface area contributed by atoms with Gasteiger partial charge in [0.2, 0.25) is 0 Å². The summed E-state index contributed by atoms with van der Waals surface area (Å²) in [7, 11) is 0. The van der Waals surface area contributed by atoms with E-state index in [0.29, 0.717) is 0 Å². The lowest BCUT2D eigenvalue weighted by molar-refractivity contribution is -0.115. The fourth-order valence-electron chi connectivity index (χ4n) is 1.68. The number of aldehydes is 1. The fourth-order valence-corrected chi connectivity index (χ4v) is 1.68. The van der Waals surface area contributed by atoms with Gasteiger partial charge in [0.15, 0.2) is 0 Å². The maximum atomic E-state index is 10.5. The van der Waals surface area contributed by atoms with Crippen molar-refractivity contribution < 1.29 is 4.79 Å². The van der Waals surface area contributed by atoms with E-state index in [1.807, 2.05) is 0 Å². The van der Waals surface area contributed by atoms with Crippen molar-refractivity contribution in [2.24, 2.45) is 11.3 Å². The molecular weight excluding hydrogens is 112 g/mol. The Bertz CT molecular complexity index is 120. The van der Waals surface area contributed by atoms with Gasteiger partial charge in [0.05, 0.1) is 0 Å². The monoisotopic (exact) mass is 126 g/mol. The number of carbonyl (C=O) groups excluding carboxylic acids is 1. The van der Waals surface area contributed by atoms with Crippen LogP contribution in [0.25, 0.3) is 0 Å². The van der Waals surface area contributed by atoms with Crippen molar-refractivity contribution in [3.63, 3.8) is 0 Å².